The van der Waals surface area contributed by atoms with Crippen LogP contribution in [0.15, 0.2) is 30.3 Å². The number of thiophene rings is 1. The Labute approximate surface area is 135 Å². The first-order valence-electron chi connectivity index (χ1n) is 7.87. The summed E-state index contributed by atoms with van der Waals surface area (Å²) in [6.45, 7) is 1.05. The van der Waals surface area contributed by atoms with E-state index in [9.17, 15) is 0 Å². The standard InChI is InChI=1S/C18H20ClNS/c19-15-6-4-12(5-7-15)14-8-16(9-14)20-11-17-10-13-2-1-3-18(13)21-17/h4-7,10,14,16,20H,1-3,8-9,11H2. The molecule has 1 aromatic heterocycles. The summed E-state index contributed by atoms with van der Waals surface area (Å²) in [5.41, 5.74) is 3.05. The van der Waals surface area contributed by atoms with Crippen LogP contribution in [0.4, 0.5) is 0 Å². The van der Waals surface area contributed by atoms with Gasteiger partial charge in [-0.1, -0.05) is 23.7 Å². The molecule has 0 unspecified atom stereocenters. The third-order valence-corrected chi connectivity index (χ3v) is 6.33. The summed E-state index contributed by atoms with van der Waals surface area (Å²) in [4.78, 5) is 3.16. The number of hydrogen-bond donors (Lipinski definition) is 1. The first kappa shape index (κ1) is 13.8. The maximum atomic E-state index is 5.94. The van der Waals surface area contributed by atoms with Crippen molar-refractivity contribution in [3.8, 4) is 0 Å². The van der Waals surface area contributed by atoms with Crippen molar-refractivity contribution >= 4 is 22.9 Å². The molecule has 0 bridgehead atoms. The fourth-order valence-corrected chi connectivity index (χ4v) is 4.85. The highest BCUT2D eigenvalue weighted by molar-refractivity contribution is 7.12. The Hall–Kier alpha value is -0.830. The summed E-state index contributed by atoms with van der Waals surface area (Å²) in [5, 5.41) is 4.55. The van der Waals surface area contributed by atoms with Gasteiger partial charge < -0.3 is 5.32 Å². The second-order valence-electron chi connectivity index (χ2n) is 6.31. The Morgan fingerprint density at radius 2 is 1.95 bits per heavy atom. The summed E-state index contributed by atoms with van der Waals surface area (Å²) in [5.74, 6) is 0.716. The van der Waals surface area contributed by atoms with Crippen LogP contribution in [0.3, 0.4) is 0 Å². The molecule has 21 heavy (non-hydrogen) atoms. The van der Waals surface area contributed by atoms with Gasteiger partial charge in [0, 0.05) is 27.4 Å². The Balaban J connectivity index is 1.27. The van der Waals surface area contributed by atoms with Gasteiger partial charge >= 0.3 is 0 Å². The minimum absolute atomic E-state index is 0.683. The third-order valence-electron chi connectivity index (χ3n) is 4.84. The molecule has 0 atom stereocenters. The number of hydrogen-bond acceptors (Lipinski definition) is 2. The van der Waals surface area contributed by atoms with Crippen molar-refractivity contribution in [3.63, 3.8) is 0 Å². The largest absolute Gasteiger partial charge is 0.309 e. The lowest BCUT2D eigenvalue weighted by molar-refractivity contribution is 0.290. The van der Waals surface area contributed by atoms with Crippen LogP contribution in [-0.2, 0) is 19.4 Å². The third kappa shape index (κ3) is 2.90. The summed E-state index contributed by atoms with van der Waals surface area (Å²) in [7, 11) is 0. The molecule has 2 aromatic rings. The Morgan fingerprint density at radius 3 is 2.71 bits per heavy atom. The number of rotatable bonds is 4. The average Bonchev–Trinajstić information content (AvgIpc) is 2.99. The molecular weight excluding hydrogens is 298 g/mol. The van der Waals surface area contributed by atoms with Gasteiger partial charge in [-0.15, -0.1) is 11.3 Å². The molecule has 0 radical (unpaired) electrons. The second kappa shape index (κ2) is 5.75. The molecule has 1 heterocycles. The smallest absolute Gasteiger partial charge is 0.0406 e. The quantitative estimate of drug-likeness (QED) is 0.843. The molecule has 0 saturated heterocycles. The predicted octanol–water partition coefficient (Wildman–Crippen LogP) is 4.93. The van der Waals surface area contributed by atoms with Crippen LogP contribution in [0.1, 0.15) is 46.1 Å². The second-order valence-corrected chi connectivity index (χ2v) is 7.97. The van der Waals surface area contributed by atoms with Crippen LogP contribution in [0, 0.1) is 0 Å². The summed E-state index contributed by atoms with van der Waals surface area (Å²) in [6.07, 6.45) is 6.48. The van der Waals surface area contributed by atoms with E-state index in [4.69, 9.17) is 11.6 Å². The fourth-order valence-electron chi connectivity index (χ4n) is 3.51. The minimum Gasteiger partial charge on any atom is -0.309 e. The van der Waals surface area contributed by atoms with Crippen molar-refractivity contribution in [1.29, 1.82) is 0 Å². The van der Waals surface area contributed by atoms with Gasteiger partial charge in [0.1, 0.15) is 0 Å². The van der Waals surface area contributed by atoms with Crippen molar-refractivity contribution in [2.24, 2.45) is 0 Å². The first-order valence-corrected chi connectivity index (χ1v) is 9.06. The van der Waals surface area contributed by atoms with Crippen LogP contribution in [0.2, 0.25) is 5.02 Å². The molecule has 1 aromatic carbocycles. The molecule has 0 spiro atoms. The van der Waals surface area contributed by atoms with Crippen LogP contribution in [-0.4, -0.2) is 6.04 Å². The lowest BCUT2D eigenvalue weighted by Gasteiger charge is -2.36. The molecule has 2 aliphatic rings. The summed E-state index contributed by atoms with van der Waals surface area (Å²) < 4.78 is 0. The minimum atomic E-state index is 0.683. The zero-order valence-corrected chi connectivity index (χ0v) is 13.6. The zero-order valence-electron chi connectivity index (χ0n) is 12.1. The lowest BCUT2D eigenvalue weighted by Crippen LogP contribution is -2.39. The monoisotopic (exact) mass is 317 g/mol. The molecule has 3 heteroatoms. The van der Waals surface area contributed by atoms with E-state index in [1.54, 1.807) is 10.4 Å². The Bertz CT molecular complexity index is 604. The summed E-state index contributed by atoms with van der Waals surface area (Å²) >= 11 is 7.96. The van der Waals surface area contributed by atoms with E-state index in [0.717, 1.165) is 11.6 Å². The first-order chi connectivity index (χ1) is 10.3. The van der Waals surface area contributed by atoms with Crippen LogP contribution in [0.25, 0.3) is 0 Å². The highest BCUT2D eigenvalue weighted by Gasteiger charge is 2.29. The molecule has 1 N–H and O–H groups in total. The van der Waals surface area contributed by atoms with Gasteiger partial charge in [0.15, 0.2) is 0 Å². The number of halogens is 1. The summed E-state index contributed by atoms with van der Waals surface area (Å²) in [6, 6.07) is 11.5. The average molecular weight is 318 g/mol. The van der Waals surface area contributed by atoms with E-state index >= 15 is 0 Å². The van der Waals surface area contributed by atoms with Gasteiger partial charge in [0.25, 0.3) is 0 Å². The van der Waals surface area contributed by atoms with E-state index < -0.39 is 0 Å². The molecule has 110 valence electrons. The fraction of sp³-hybridized carbons (Fsp3) is 0.444. The Kier molecular flexibility index (Phi) is 3.78. The van der Waals surface area contributed by atoms with Crippen LogP contribution >= 0.6 is 22.9 Å². The SMILES string of the molecule is Clc1ccc(C2CC(NCc3cc4c(s3)CCC4)C2)cc1. The predicted molar refractivity (Wildman–Crippen MR) is 90.4 cm³/mol. The van der Waals surface area contributed by atoms with Gasteiger partial charge in [-0.3, -0.25) is 0 Å². The number of benzene rings is 1. The zero-order chi connectivity index (χ0) is 14.2. The van der Waals surface area contributed by atoms with Gasteiger partial charge in [-0.05, 0) is 67.3 Å². The van der Waals surface area contributed by atoms with Crippen molar-refractivity contribution in [2.45, 2.75) is 50.6 Å². The van der Waals surface area contributed by atoms with Gasteiger partial charge in [-0.25, -0.2) is 0 Å². The molecule has 4 rings (SSSR count). The topological polar surface area (TPSA) is 12.0 Å². The van der Waals surface area contributed by atoms with Crippen LogP contribution < -0.4 is 5.32 Å². The highest BCUT2D eigenvalue weighted by Crippen LogP contribution is 2.38. The van der Waals surface area contributed by atoms with Crippen molar-refractivity contribution < 1.29 is 0 Å². The molecule has 0 aliphatic heterocycles. The van der Waals surface area contributed by atoms with Crippen molar-refractivity contribution in [1.82, 2.24) is 5.32 Å². The maximum Gasteiger partial charge on any atom is 0.0406 e. The van der Waals surface area contributed by atoms with E-state index in [2.05, 4.69) is 23.5 Å². The molecule has 1 saturated carbocycles. The molecule has 0 amide bonds. The number of fused-ring (bicyclic) bond motifs is 1. The highest BCUT2D eigenvalue weighted by atomic mass is 35.5. The maximum absolute atomic E-state index is 5.94. The Morgan fingerprint density at radius 1 is 1.14 bits per heavy atom. The lowest BCUT2D eigenvalue weighted by atomic mass is 9.76. The van der Waals surface area contributed by atoms with Crippen LogP contribution in [0.5, 0.6) is 0 Å². The molecule has 1 nitrogen and oxygen atoms in total. The van der Waals surface area contributed by atoms with Crippen molar-refractivity contribution in [3.05, 3.63) is 56.2 Å². The van der Waals surface area contributed by atoms with Gasteiger partial charge in [0.2, 0.25) is 0 Å². The molecular formula is C18H20ClNS. The van der Waals surface area contributed by atoms with E-state index in [0.29, 0.717) is 12.0 Å². The molecule has 2 aliphatic carbocycles. The van der Waals surface area contributed by atoms with E-state index in [-0.39, 0.29) is 0 Å². The molecule has 1 fully saturated rings. The van der Waals surface area contributed by atoms with E-state index in [1.807, 2.05) is 23.5 Å². The normalized spacial score (nSPS) is 23.9. The van der Waals surface area contributed by atoms with Gasteiger partial charge in [0.05, 0.1) is 0 Å². The van der Waals surface area contributed by atoms with Crippen molar-refractivity contribution in [2.75, 3.05) is 0 Å². The van der Waals surface area contributed by atoms with E-state index in [1.165, 1.54) is 42.5 Å². The van der Waals surface area contributed by atoms with Gasteiger partial charge in [-0.2, -0.15) is 0 Å². The number of aryl methyl sites for hydroxylation is 2. The number of nitrogens with one attached hydrogen (secondary N) is 1.